The summed E-state index contributed by atoms with van der Waals surface area (Å²) in [6, 6.07) is 0. The topological polar surface area (TPSA) is 99.7 Å². The molecule has 1 unspecified atom stereocenters. The molecule has 8 heteroatoms. The molecule has 0 aliphatic carbocycles. The number of aromatic nitrogens is 2. The number of nitrogens with zero attached hydrogens (tertiary/aromatic N) is 3. The molecule has 1 aromatic heterocycles. The maximum Gasteiger partial charge on any atom is 0.248 e. The number of nitrogens with two attached hydrogens (primary N) is 1. The van der Waals surface area contributed by atoms with Gasteiger partial charge < -0.3 is 24.7 Å². The maximum atomic E-state index is 12.3. The third-order valence-corrected chi connectivity index (χ3v) is 4.84. The second-order valence-electron chi connectivity index (χ2n) is 6.68. The quantitative estimate of drug-likeness (QED) is 0.761. The summed E-state index contributed by atoms with van der Waals surface area (Å²) in [5.74, 6) is 0.763. The van der Waals surface area contributed by atoms with Crippen LogP contribution in [0.2, 0.25) is 0 Å². The lowest BCUT2D eigenvalue weighted by Gasteiger charge is -2.32. The van der Waals surface area contributed by atoms with Crippen LogP contribution >= 0.6 is 0 Å². The average molecular weight is 350 g/mol. The first-order valence-electron chi connectivity index (χ1n) is 8.90. The van der Waals surface area contributed by atoms with Crippen LogP contribution in [-0.2, 0) is 25.6 Å². The smallest absolute Gasteiger partial charge is 0.248 e. The summed E-state index contributed by atoms with van der Waals surface area (Å²) in [7, 11) is 0. The van der Waals surface area contributed by atoms with Crippen molar-refractivity contribution >= 4 is 11.8 Å². The Labute approximate surface area is 147 Å². The summed E-state index contributed by atoms with van der Waals surface area (Å²) in [5, 5.41) is 0. The number of rotatable bonds is 7. The Kier molecular flexibility index (Phi) is 6.04. The van der Waals surface area contributed by atoms with Crippen molar-refractivity contribution in [3.63, 3.8) is 0 Å². The highest BCUT2D eigenvalue weighted by Gasteiger charge is 2.27. The highest BCUT2D eigenvalue weighted by molar-refractivity contribution is 5.77. The van der Waals surface area contributed by atoms with Gasteiger partial charge in [-0.1, -0.05) is 0 Å². The minimum atomic E-state index is -0.379. The van der Waals surface area contributed by atoms with Crippen LogP contribution in [-0.4, -0.2) is 65.3 Å². The Hall–Kier alpha value is -1.93. The van der Waals surface area contributed by atoms with Gasteiger partial charge in [0.05, 0.1) is 12.7 Å². The van der Waals surface area contributed by atoms with Crippen LogP contribution in [0.15, 0.2) is 12.4 Å². The summed E-state index contributed by atoms with van der Waals surface area (Å²) in [6.45, 7) is 2.90. The second-order valence-corrected chi connectivity index (χ2v) is 6.68. The van der Waals surface area contributed by atoms with Crippen molar-refractivity contribution in [2.45, 2.75) is 44.2 Å². The third kappa shape index (κ3) is 4.79. The molecule has 138 valence electrons. The number of amides is 2. The summed E-state index contributed by atoms with van der Waals surface area (Å²) >= 11 is 0. The fourth-order valence-corrected chi connectivity index (χ4v) is 3.51. The van der Waals surface area contributed by atoms with Crippen molar-refractivity contribution in [1.82, 2.24) is 14.5 Å². The molecule has 0 spiro atoms. The first kappa shape index (κ1) is 17.9. The highest BCUT2D eigenvalue weighted by Crippen LogP contribution is 2.27. The average Bonchev–Trinajstić information content (AvgIpc) is 3.26. The zero-order valence-electron chi connectivity index (χ0n) is 14.4. The summed E-state index contributed by atoms with van der Waals surface area (Å²) in [4.78, 5) is 29.6. The van der Waals surface area contributed by atoms with Gasteiger partial charge in [0.2, 0.25) is 11.8 Å². The van der Waals surface area contributed by atoms with E-state index in [-0.39, 0.29) is 37.0 Å². The Bertz CT molecular complexity index is 589. The first-order valence-corrected chi connectivity index (χ1v) is 8.90. The van der Waals surface area contributed by atoms with Crippen molar-refractivity contribution in [2.24, 2.45) is 5.73 Å². The number of carbonyl (C=O) groups is 2. The molecule has 0 bridgehead atoms. The highest BCUT2D eigenvalue weighted by atomic mass is 16.5. The molecular formula is C17H26N4O4. The van der Waals surface area contributed by atoms with E-state index in [2.05, 4.69) is 4.98 Å². The Morgan fingerprint density at radius 3 is 2.80 bits per heavy atom. The Morgan fingerprint density at radius 2 is 2.12 bits per heavy atom. The van der Waals surface area contributed by atoms with Crippen LogP contribution in [0.1, 0.15) is 37.4 Å². The van der Waals surface area contributed by atoms with Gasteiger partial charge in [0.25, 0.3) is 0 Å². The summed E-state index contributed by atoms with van der Waals surface area (Å²) in [6.07, 6.45) is 7.34. The molecule has 0 saturated carbocycles. The van der Waals surface area contributed by atoms with Crippen LogP contribution in [0.5, 0.6) is 0 Å². The van der Waals surface area contributed by atoms with E-state index in [0.717, 1.165) is 38.1 Å². The van der Waals surface area contributed by atoms with Gasteiger partial charge in [0.1, 0.15) is 19.0 Å². The van der Waals surface area contributed by atoms with E-state index in [4.69, 9.17) is 15.2 Å². The molecule has 1 atom stereocenters. The Balaban J connectivity index is 1.42. The zero-order chi connectivity index (χ0) is 17.6. The van der Waals surface area contributed by atoms with Crippen molar-refractivity contribution in [1.29, 1.82) is 0 Å². The molecule has 2 N–H and O–H groups in total. The number of hydrogen-bond donors (Lipinski definition) is 1. The molecule has 8 nitrogen and oxygen atoms in total. The zero-order valence-corrected chi connectivity index (χ0v) is 14.4. The molecule has 2 aliphatic rings. The monoisotopic (exact) mass is 350 g/mol. The minimum Gasteiger partial charge on any atom is -0.376 e. The van der Waals surface area contributed by atoms with Crippen LogP contribution < -0.4 is 5.73 Å². The number of primary amides is 1. The minimum absolute atomic E-state index is 0.0249. The second kappa shape index (κ2) is 8.44. The van der Waals surface area contributed by atoms with Gasteiger partial charge in [-0.2, -0.15) is 0 Å². The Morgan fingerprint density at radius 1 is 1.32 bits per heavy atom. The molecule has 1 aromatic rings. The third-order valence-electron chi connectivity index (χ3n) is 4.84. The molecule has 2 amide bonds. The molecule has 0 radical (unpaired) electrons. The van der Waals surface area contributed by atoms with E-state index in [1.807, 2.05) is 4.90 Å². The van der Waals surface area contributed by atoms with Crippen LogP contribution in [0.3, 0.4) is 0 Å². The van der Waals surface area contributed by atoms with Crippen LogP contribution in [0.4, 0.5) is 0 Å². The largest absolute Gasteiger partial charge is 0.376 e. The lowest BCUT2D eigenvalue weighted by atomic mass is 9.96. The standard InChI is InChI=1S/C17H26N4O4/c18-15(22)10-21-8-5-19-17(21)13-3-6-20(7-4-13)16(23)12-24-11-14-2-1-9-25-14/h5,8,13-14H,1-4,6-7,9-12H2,(H2,18,22). The molecule has 2 saturated heterocycles. The fourth-order valence-electron chi connectivity index (χ4n) is 3.51. The van der Waals surface area contributed by atoms with Gasteiger partial charge in [0.15, 0.2) is 0 Å². The number of piperidine rings is 1. The van der Waals surface area contributed by atoms with Crippen LogP contribution in [0.25, 0.3) is 0 Å². The lowest BCUT2D eigenvalue weighted by Crippen LogP contribution is -2.40. The summed E-state index contributed by atoms with van der Waals surface area (Å²) in [5.41, 5.74) is 5.27. The molecule has 0 aromatic carbocycles. The first-order chi connectivity index (χ1) is 12.1. The summed E-state index contributed by atoms with van der Waals surface area (Å²) < 4.78 is 12.8. The normalized spacial score (nSPS) is 21.6. The van der Waals surface area contributed by atoms with Gasteiger partial charge in [-0.15, -0.1) is 0 Å². The van der Waals surface area contributed by atoms with Gasteiger partial charge >= 0.3 is 0 Å². The van der Waals surface area contributed by atoms with Crippen LogP contribution in [0, 0.1) is 0 Å². The SMILES string of the molecule is NC(=O)Cn1ccnc1C1CCN(C(=O)COCC2CCCO2)CC1. The van der Waals surface area contributed by atoms with E-state index in [9.17, 15) is 9.59 Å². The molecule has 3 heterocycles. The van der Waals surface area contributed by atoms with Crippen molar-refractivity contribution in [3.8, 4) is 0 Å². The van der Waals surface area contributed by atoms with Gasteiger partial charge in [-0.25, -0.2) is 4.98 Å². The molecular weight excluding hydrogens is 324 g/mol. The van der Waals surface area contributed by atoms with E-state index in [1.165, 1.54) is 0 Å². The van der Waals surface area contributed by atoms with E-state index in [1.54, 1.807) is 17.0 Å². The van der Waals surface area contributed by atoms with Crippen molar-refractivity contribution < 1.29 is 19.1 Å². The number of ether oxygens (including phenoxy) is 2. The van der Waals surface area contributed by atoms with E-state index >= 15 is 0 Å². The van der Waals surface area contributed by atoms with Gasteiger partial charge in [0, 0.05) is 38.0 Å². The van der Waals surface area contributed by atoms with Gasteiger partial charge in [-0.3, -0.25) is 9.59 Å². The number of hydrogen-bond acceptors (Lipinski definition) is 5. The van der Waals surface area contributed by atoms with Crippen molar-refractivity contribution in [3.05, 3.63) is 18.2 Å². The van der Waals surface area contributed by atoms with E-state index in [0.29, 0.717) is 19.7 Å². The molecule has 2 aliphatic heterocycles. The number of likely N-dealkylation sites (tertiary alicyclic amines) is 1. The fraction of sp³-hybridized carbons (Fsp3) is 0.706. The van der Waals surface area contributed by atoms with Gasteiger partial charge in [-0.05, 0) is 25.7 Å². The number of carbonyl (C=O) groups excluding carboxylic acids is 2. The molecule has 3 rings (SSSR count). The molecule has 25 heavy (non-hydrogen) atoms. The lowest BCUT2D eigenvalue weighted by molar-refractivity contribution is -0.138. The van der Waals surface area contributed by atoms with E-state index < -0.39 is 0 Å². The predicted molar refractivity (Wildman–Crippen MR) is 89.8 cm³/mol. The molecule has 2 fully saturated rings. The maximum absolute atomic E-state index is 12.3. The van der Waals surface area contributed by atoms with Crippen molar-refractivity contribution in [2.75, 3.05) is 32.9 Å². The predicted octanol–water partition coefficient (Wildman–Crippen LogP) is 0.270. The number of imidazole rings is 1.